The molecule has 0 spiro atoms. The molecule has 0 aliphatic heterocycles. The number of hydrogen-bond acceptors (Lipinski definition) is 1. The number of aryl methyl sites for hydroxylation is 1. The largest absolute Gasteiger partial charge is 1.00 e. The summed E-state index contributed by atoms with van der Waals surface area (Å²) in [7, 11) is 2.00. The van der Waals surface area contributed by atoms with E-state index >= 15 is 0 Å². The van der Waals surface area contributed by atoms with Crippen LogP contribution in [0.15, 0.2) is 43.2 Å². The summed E-state index contributed by atoms with van der Waals surface area (Å²) in [6, 6.07) is 3.94. The van der Waals surface area contributed by atoms with Gasteiger partial charge < -0.3 is 12.4 Å². The van der Waals surface area contributed by atoms with Crippen LogP contribution >= 0.6 is 0 Å². The molecule has 0 aromatic carbocycles. The number of imidazole rings is 1. The molecule has 0 unspecified atom stereocenters. The number of rotatable bonds is 1. The van der Waals surface area contributed by atoms with Crippen molar-refractivity contribution in [3.8, 4) is 5.69 Å². The minimum atomic E-state index is 0. The number of nitrogens with zero attached hydrogens (tertiary/aromatic N) is 3. The molecule has 2 rings (SSSR count). The summed E-state index contributed by atoms with van der Waals surface area (Å²) in [5.74, 6) is 0. The van der Waals surface area contributed by atoms with Crippen molar-refractivity contribution in [1.29, 1.82) is 0 Å². The molecule has 0 aliphatic rings. The van der Waals surface area contributed by atoms with Gasteiger partial charge in [0.1, 0.15) is 18.1 Å². The van der Waals surface area contributed by atoms with Crippen LogP contribution in [-0.2, 0) is 7.05 Å². The molecule has 68 valence electrons. The maximum atomic E-state index is 3.96. The number of halogens is 1. The Kier molecular flexibility index (Phi) is 3.03. The van der Waals surface area contributed by atoms with E-state index in [9.17, 15) is 0 Å². The number of aromatic nitrogens is 3. The predicted octanol–water partition coefficient (Wildman–Crippen LogP) is -2.30. The van der Waals surface area contributed by atoms with Crippen molar-refractivity contribution in [3.63, 3.8) is 0 Å². The monoisotopic (exact) mass is 195 g/mol. The van der Waals surface area contributed by atoms with Gasteiger partial charge in [-0.3, -0.25) is 4.98 Å². The molecule has 0 amide bonds. The van der Waals surface area contributed by atoms with Gasteiger partial charge >= 0.3 is 0 Å². The Labute approximate surface area is 83.1 Å². The molecule has 0 fully saturated rings. The van der Waals surface area contributed by atoms with Gasteiger partial charge in [-0.25, -0.2) is 9.13 Å². The van der Waals surface area contributed by atoms with Crippen LogP contribution in [0.5, 0.6) is 0 Å². The van der Waals surface area contributed by atoms with Crippen LogP contribution in [0.3, 0.4) is 0 Å². The van der Waals surface area contributed by atoms with Gasteiger partial charge in [0.2, 0.25) is 6.33 Å². The summed E-state index contributed by atoms with van der Waals surface area (Å²) in [6.07, 6.45) is 9.59. The van der Waals surface area contributed by atoms with Crippen LogP contribution in [-0.4, -0.2) is 9.55 Å². The first kappa shape index (κ1) is 9.74. The van der Waals surface area contributed by atoms with E-state index in [0.29, 0.717) is 0 Å². The summed E-state index contributed by atoms with van der Waals surface area (Å²) >= 11 is 0. The minimum Gasteiger partial charge on any atom is -1.00 e. The lowest BCUT2D eigenvalue weighted by Crippen LogP contribution is -3.00. The quantitative estimate of drug-likeness (QED) is 0.470. The highest BCUT2D eigenvalue weighted by Gasteiger charge is 2.01. The topological polar surface area (TPSA) is 21.7 Å². The molecule has 2 aromatic rings. The van der Waals surface area contributed by atoms with Gasteiger partial charge in [-0.15, -0.1) is 0 Å². The standard InChI is InChI=1S/C9H10N3.ClH/c1-11-6-7-12(8-11)9-2-4-10-5-3-9;/h2-8H,1H3;1H/q+1;/p-1. The minimum absolute atomic E-state index is 0. The highest BCUT2D eigenvalue weighted by atomic mass is 35.5. The van der Waals surface area contributed by atoms with Crippen LogP contribution in [0.1, 0.15) is 0 Å². The van der Waals surface area contributed by atoms with Crippen molar-refractivity contribution < 1.29 is 17.0 Å². The first-order valence-corrected chi connectivity index (χ1v) is 3.80. The molecule has 0 saturated carbocycles. The maximum Gasteiger partial charge on any atom is 0.248 e. The molecule has 0 saturated heterocycles. The lowest BCUT2D eigenvalue weighted by Gasteiger charge is -1.91. The van der Waals surface area contributed by atoms with Crippen molar-refractivity contribution in [2.75, 3.05) is 0 Å². The summed E-state index contributed by atoms with van der Waals surface area (Å²) in [5, 5.41) is 0. The average Bonchev–Trinajstić information content (AvgIpc) is 2.54. The van der Waals surface area contributed by atoms with E-state index in [1.54, 1.807) is 12.4 Å². The second kappa shape index (κ2) is 4.05. The molecule has 2 aromatic heterocycles. The van der Waals surface area contributed by atoms with Crippen molar-refractivity contribution in [3.05, 3.63) is 43.2 Å². The third-order valence-electron chi connectivity index (χ3n) is 1.73. The Morgan fingerprint density at radius 2 is 2.00 bits per heavy atom. The molecule has 13 heavy (non-hydrogen) atoms. The van der Waals surface area contributed by atoms with Gasteiger partial charge in [0.25, 0.3) is 0 Å². The third kappa shape index (κ3) is 2.06. The van der Waals surface area contributed by atoms with E-state index in [0.717, 1.165) is 5.69 Å². The zero-order valence-electron chi connectivity index (χ0n) is 7.26. The number of pyridine rings is 1. The average molecular weight is 196 g/mol. The van der Waals surface area contributed by atoms with Crippen molar-refractivity contribution in [2.45, 2.75) is 0 Å². The van der Waals surface area contributed by atoms with Gasteiger partial charge in [-0.05, 0) is 0 Å². The molecule has 0 N–H and O–H groups in total. The molecule has 4 heteroatoms. The zero-order valence-corrected chi connectivity index (χ0v) is 8.02. The smallest absolute Gasteiger partial charge is 0.248 e. The fraction of sp³-hybridized carbons (Fsp3) is 0.111. The fourth-order valence-corrected chi connectivity index (χ4v) is 1.12. The maximum absolute atomic E-state index is 3.96. The zero-order chi connectivity index (χ0) is 8.39. The van der Waals surface area contributed by atoms with Crippen LogP contribution in [0.4, 0.5) is 0 Å². The first-order valence-electron chi connectivity index (χ1n) is 3.80. The van der Waals surface area contributed by atoms with Gasteiger partial charge in [0.15, 0.2) is 0 Å². The first-order chi connectivity index (χ1) is 5.86. The summed E-state index contributed by atoms with van der Waals surface area (Å²) in [5.41, 5.74) is 1.13. The Hall–Kier alpha value is -1.35. The molecule has 0 atom stereocenters. The Morgan fingerprint density at radius 1 is 1.31 bits per heavy atom. The molecule has 0 radical (unpaired) electrons. The van der Waals surface area contributed by atoms with E-state index in [2.05, 4.69) is 4.98 Å². The second-order valence-electron chi connectivity index (χ2n) is 2.69. The van der Waals surface area contributed by atoms with Crippen molar-refractivity contribution in [2.24, 2.45) is 7.05 Å². The van der Waals surface area contributed by atoms with E-state index in [1.807, 2.05) is 47.0 Å². The molecule has 0 bridgehead atoms. The lowest BCUT2D eigenvalue weighted by molar-refractivity contribution is -0.670. The van der Waals surface area contributed by atoms with Crippen LogP contribution in [0, 0.1) is 0 Å². The van der Waals surface area contributed by atoms with E-state index in [-0.39, 0.29) is 12.4 Å². The van der Waals surface area contributed by atoms with Gasteiger partial charge in [-0.2, -0.15) is 0 Å². The van der Waals surface area contributed by atoms with Gasteiger partial charge in [0.05, 0.1) is 7.05 Å². The van der Waals surface area contributed by atoms with Crippen LogP contribution in [0.25, 0.3) is 5.69 Å². The van der Waals surface area contributed by atoms with E-state index in [4.69, 9.17) is 0 Å². The lowest BCUT2D eigenvalue weighted by atomic mass is 10.4. The van der Waals surface area contributed by atoms with E-state index in [1.165, 1.54) is 0 Å². The third-order valence-corrected chi connectivity index (χ3v) is 1.73. The van der Waals surface area contributed by atoms with Crippen molar-refractivity contribution >= 4 is 0 Å². The molecular formula is C9H10ClN3. The molecule has 0 aliphatic carbocycles. The highest BCUT2D eigenvalue weighted by Crippen LogP contribution is 2.02. The van der Waals surface area contributed by atoms with E-state index < -0.39 is 0 Å². The fourth-order valence-electron chi connectivity index (χ4n) is 1.12. The summed E-state index contributed by atoms with van der Waals surface area (Å²) < 4.78 is 4.04. The normalized spacial score (nSPS) is 9.31. The second-order valence-corrected chi connectivity index (χ2v) is 2.69. The Morgan fingerprint density at radius 3 is 2.54 bits per heavy atom. The summed E-state index contributed by atoms with van der Waals surface area (Å²) in [4.78, 5) is 3.96. The van der Waals surface area contributed by atoms with Crippen LogP contribution < -0.4 is 17.0 Å². The Bertz CT molecular complexity index is 369. The SMILES string of the molecule is C[n+]1ccn(-c2ccncc2)c1.[Cl-]. The highest BCUT2D eigenvalue weighted by molar-refractivity contribution is 5.27. The molecule has 2 heterocycles. The van der Waals surface area contributed by atoms with Crippen molar-refractivity contribution in [1.82, 2.24) is 9.55 Å². The number of hydrogen-bond donors (Lipinski definition) is 0. The molecule has 3 nitrogen and oxygen atoms in total. The summed E-state index contributed by atoms with van der Waals surface area (Å²) in [6.45, 7) is 0. The van der Waals surface area contributed by atoms with Gasteiger partial charge in [0, 0.05) is 24.5 Å². The predicted molar refractivity (Wildman–Crippen MR) is 44.7 cm³/mol. The van der Waals surface area contributed by atoms with Crippen LogP contribution in [0.2, 0.25) is 0 Å². The molecular weight excluding hydrogens is 186 g/mol. The van der Waals surface area contributed by atoms with Gasteiger partial charge in [-0.1, -0.05) is 0 Å². The Balaban J connectivity index is 0.000000845.